The summed E-state index contributed by atoms with van der Waals surface area (Å²) in [5.41, 5.74) is 6.48. The van der Waals surface area contributed by atoms with E-state index in [2.05, 4.69) is 0 Å². The molecular formula is C15H28N2O2S. The zero-order chi connectivity index (χ0) is 14.3. The SMILES string of the molecule is CS(=O)(=O)N1CCCC(CC(N)C2CC3CCC2C3)C1. The van der Waals surface area contributed by atoms with E-state index in [-0.39, 0.29) is 6.04 Å². The maximum Gasteiger partial charge on any atom is 0.211 e. The van der Waals surface area contributed by atoms with Crippen molar-refractivity contribution < 1.29 is 8.42 Å². The first-order valence-electron chi connectivity index (χ1n) is 8.14. The zero-order valence-electron chi connectivity index (χ0n) is 12.5. The highest BCUT2D eigenvalue weighted by Gasteiger charge is 2.42. The van der Waals surface area contributed by atoms with Crippen LogP contribution in [0.3, 0.4) is 0 Å². The van der Waals surface area contributed by atoms with Gasteiger partial charge in [0.1, 0.15) is 0 Å². The summed E-state index contributed by atoms with van der Waals surface area (Å²) in [4.78, 5) is 0. The number of sulfonamides is 1. The van der Waals surface area contributed by atoms with Crippen LogP contribution in [0.15, 0.2) is 0 Å². The Hall–Kier alpha value is -0.130. The van der Waals surface area contributed by atoms with Crippen LogP contribution in [0.1, 0.15) is 44.9 Å². The monoisotopic (exact) mass is 300 g/mol. The summed E-state index contributed by atoms with van der Waals surface area (Å²) in [7, 11) is -3.03. The van der Waals surface area contributed by atoms with Gasteiger partial charge in [0, 0.05) is 19.1 Å². The van der Waals surface area contributed by atoms with Gasteiger partial charge >= 0.3 is 0 Å². The Morgan fingerprint density at radius 2 is 2.05 bits per heavy atom. The first-order chi connectivity index (χ1) is 9.43. The molecule has 2 aliphatic carbocycles. The molecule has 2 saturated carbocycles. The number of hydrogen-bond donors (Lipinski definition) is 1. The number of hydrogen-bond acceptors (Lipinski definition) is 3. The molecule has 3 aliphatic rings. The second kappa shape index (κ2) is 5.58. The van der Waals surface area contributed by atoms with Crippen LogP contribution in [0, 0.1) is 23.7 Å². The minimum absolute atomic E-state index is 0.287. The number of rotatable bonds is 4. The predicted molar refractivity (Wildman–Crippen MR) is 80.7 cm³/mol. The van der Waals surface area contributed by atoms with E-state index in [1.54, 1.807) is 4.31 Å². The second-order valence-electron chi connectivity index (χ2n) is 7.37. The van der Waals surface area contributed by atoms with Crippen molar-refractivity contribution in [3.05, 3.63) is 0 Å². The Labute approximate surface area is 123 Å². The second-order valence-corrected chi connectivity index (χ2v) is 9.35. The fourth-order valence-corrected chi connectivity index (χ4v) is 5.84. The highest BCUT2D eigenvalue weighted by atomic mass is 32.2. The van der Waals surface area contributed by atoms with Gasteiger partial charge in [0.2, 0.25) is 10.0 Å². The van der Waals surface area contributed by atoms with Crippen LogP contribution in [-0.4, -0.2) is 38.1 Å². The molecule has 2 bridgehead atoms. The van der Waals surface area contributed by atoms with Gasteiger partial charge in [0.15, 0.2) is 0 Å². The molecule has 0 radical (unpaired) electrons. The van der Waals surface area contributed by atoms with Crippen LogP contribution in [0.5, 0.6) is 0 Å². The lowest BCUT2D eigenvalue weighted by Gasteiger charge is -2.35. The highest BCUT2D eigenvalue weighted by molar-refractivity contribution is 7.88. The summed E-state index contributed by atoms with van der Waals surface area (Å²) in [5.74, 6) is 2.98. The average Bonchev–Trinajstić information content (AvgIpc) is 3.00. The van der Waals surface area contributed by atoms with Crippen molar-refractivity contribution in [2.45, 2.75) is 51.0 Å². The Morgan fingerprint density at radius 1 is 1.25 bits per heavy atom. The van der Waals surface area contributed by atoms with E-state index in [1.165, 1.54) is 31.9 Å². The quantitative estimate of drug-likeness (QED) is 0.861. The Balaban J connectivity index is 1.55. The summed E-state index contributed by atoms with van der Waals surface area (Å²) in [6.45, 7) is 1.38. The van der Waals surface area contributed by atoms with Crippen molar-refractivity contribution in [1.82, 2.24) is 4.31 Å². The van der Waals surface area contributed by atoms with Gasteiger partial charge in [0.05, 0.1) is 6.26 Å². The van der Waals surface area contributed by atoms with Crippen LogP contribution in [0.4, 0.5) is 0 Å². The maximum atomic E-state index is 11.7. The van der Waals surface area contributed by atoms with Crippen molar-refractivity contribution in [1.29, 1.82) is 0 Å². The molecule has 116 valence electrons. The highest BCUT2D eigenvalue weighted by Crippen LogP contribution is 2.50. The molecule has 1 saturated heterocycles. The Kier molecular flexibility index (Phi) is 4.13. The summed E-state index contributed by atoms with van der Waals surface area (Å²) in [6, 6.07) is 0.287. The molecule has 5 heteroatoms. The fourth-order valence-electron chi connectivity index (χ4n) is 4.90. The van der Waals surface area contributed by atoms with E-state index >= 15 is 0 Å². The van der Waals surface area contributed by atoms with E-state index in [0.29, 0.717) is 24.9 Å². The standard InChI is InChI=1S/C15H28N2O2S/c1-20(18,19)17-6-2-3-12(10-17)9-15(16)14-8-11-4-5-13(14)7-11/h11-15H,2-10,16H2,1H3. The maximum absolute atomic E-state index is 11.7. The topological polar surface area (TPSA) is 63.4 Å². The fraction of sp³-hybridized carbons (Fsp3) is 1.00. The molecule has 5 atom stereocenters. The van der Waals surface area contributed by atoms with E-state index in [4.69, 9.17) is 5.73 Å². The first-order valence-corrected chi connectivity index (χ1v) is 9.99. The molecule has 1 aliphatic heterocycles. The van der Waals surface area contributed by atoms with E-state index in [9.17, 15) is 8.42 Å². The summed E-state index contributed by atoms with van der Waals surface area (Å²) >= 11 is 0. The molecule has 0 spiro atoms. The molecular weight excluding hydrogens is 272 g/mol. The van der Waals surface area contributed by atoms with Crippen LogP contribution < -0.4 is 5.73 Å². The molecule has 4 nitrogen and oxygen atoms in total. The van der Waals surface area contributed by atoms with E-state index in [1.807, 2.05) is 0 Å². The molecule has 0 aromatic rings. The van der Waals surface area contributed by atoms with E-state index in [0.717, 1.165) is 31.1 Å². The lowest BCUT2D eigenvalue weighted by molar-refractivity contribution is 0.203. The molecule has 5 unspecified atom stereocenters. The average molecular weight is 300 g/mol. The number of piperidine rings is 1. The van der Waals surface area contributed by atoms with Crippen molar-refractivity contribution >= 4 is 10.0 Å². The molecule has 0 amide bonds. The number of fused-ring (bicyclic) bond motifs is 2. The van der Waals surface area contributed by atoms with E-state index < -0.39 is 10.0 Å². The summed E-state index contributed by atoms with van der Waals surface area (Å²) in [5, 5.41) is 0. The Bertz CT molecular complexity index is 451. The van der Waals surface area contributed by atoms with Crippen molar-refractivity contribution in [3.8, 4) is 0 Å². The number of nitrogens with two attached hydrogens (primary N) is 1. The third-order valence-corrected chi connectivity index (χ3v) is 7.17. The third-order valence-electron chi connectivity index (χ3n) is 5.90. The molecule has 0 aromatic heterocycles. The van der Waals surface area contributed by atoms with Gasteiger partial charge in [-0.1, -0.05) is 6.42 Å². The first kappa shape index (κ1) is 14.8. The van der Waals surface area contributed by atoms with Crippen molar-refractivity contribution in [2.24, 2.45) is 29.4 Å². The van der Waals surface area contributed by atoms with Crippen LogP contribution in [0.25, 0.3) is 0 Å². The predicted octanol–water partition coefficient (Wildman–Crippen LogP) is 1.81. The molecule has 3 fully saturated rings. The van der Waals surface area contributed by atoms with Crippen LogP contribution in [0.2, 0.25) is 0 Å². The molecule has 20 heavy (non-hydrogen) atoms. The molecule has 3 rings (SSSR count). The molecule has 0 aromatic carbocycles. The lowest BCUT2D eigenvalue weighted by Crippen LogP contribution is -2.43. The largest absolute Gasteiger partial charge is 0.327 e. The molecule has 1 heterocycles. The third kappa shape index (κ3) is 3.04. The lowest BCUT2D eigenvalue weighted by atomic mass is 9.79. The Morgan fingerprint density at radius 3 is 2.65 bits per heavy atom. The zero-order valence-corrected chi connectivity index (χ0v) is 13.3. The summed E-state index contributed by atoms with van der Waals surface area (Å²) < 4.78 is 25.0. The number of nitrogens with zero attached hydrogens (tertiary/aromatic N) is 1. The van der Waals surface area contributed by atoms with Crippen molar-refractivity contribution in [2.75, 3.05) is 19.3 Å². The minimum atomic E-state index is -3.03. The van der Waals surface area contributed by atoms with Crippen LogP contribution in [-0.2, 0) is 10.0 Å². The van der Waals surface area contributed by atoms with Gasteiger partial charge in [-0.25, -0.2) is 12.7 Å². The van der Waals surface area contributed by atoms with Gasteiger partial charge in [-0.3, -0.25) is 0 Å². The van der Waals surface area contributed by atoms with Crippen molar-refractivity contribution in [3.63, 3.8) is 0 Å². The smallest absolute Gasteiger partial charge is 0.211 e. The van der Waals surface area contributed by atoms with Gasteiger partial charge in [-0.05, 0) is 62.2 Å². The van der Waals surface area contributed by atoms with Gasteiger partial charge in [0.25, 0.3) is 0 Å². The normalized spacial score (nSPS) is 40.1. The van der Waals surface area contributed by atoms with Gasteiger partial charge in [-0.15, -0.1) is 0 Å². The van der Waals surface area contributed by atoms with Gasteiger partial charge in [-0.2, -0.15) is 0 Å². The minimum Gasteiger partial charge on any atom is -0.327 e. The molecule has 2 N–H and O–H groups in total. The van der Waals surface area contributed by atoms with Gasteiger partial charge < -0.3 is 5.73 Å². The van der Waals surface area contributed by atoms with Crippen LogP contribution >= 0.6 is 0 Å². The summed E-state index contributed by atoms with van der Waals surface area (Å²) in [6.07, 6.45) is 9.99.